The number of nitrogens with two attached hydrogens (primary N) is 1. The highest BCUT2D eigenvalue weighted by Crippen LogP contribution is 2.26. The van der Waals surface area contributed by atoms with E-state index in [1.54, 1.807) is 29.8 Å². The monoisotopic (exact) mass is 439 g/mol. The Morgan fingerprint density at radius 1 is 1.28 bits per heavy atom. The fourth-order valence-electron chi connectivity index (χ4n) is 3.95. The van der Waals surface area contributed by atoms with Gasteiger partial charge in [0.2, 0.25) is 0 Å². The summed E-state index contributed by atoms with van der Waals surface area (Å²) in [5.41, 5.74) is 8.03. The maximum atomic E-state index is 13.6. The summed E-state index contributed by atoms with van der Waals surface area (Å²) in [5, 5.41) is 11.2. The van der Waals surface area contributed by atoms with Crippen LogP contribution in [0.2, 0.25) is 0 Å². The fourth-order valence-corrected chi connectivity index (χ4v) is 3.95. The van der Waals surface area contributed by atoms with Crippen molar-refractivity contribution < 1.29 is 13.9 Å². The van der Waals surface area contributed by atoms with E-state index in [1.807, 2.05) is 6.20 Å². The molecule has 1 amide bonds. The molecule has 1 aromatic carbocycles. The van der Waals surface area contributed by atoms with Crippen molar-refractivity contribution in [3.8, 4) is 17.1 Å². The number of carbonyl (C=O) groups is 1. The van der Waals surface area contributed by atoms with Crippen molar-refractivity contribution in [1.82, 2.24) is 30.3 Å². The smallest absolute Gasteiger partial charge is 0.270 e. The lowest BCUT2D eigenvalue weighted by molar-refractivity contribution is 0.0945. The van der Waals surface area contributed by atoms with E-state index in [0.29, 0.717) is 28.7 Å². The lowest BCUT2D eigenvalue weighted by atomic mass is 10.1. The lowest BCUT2D eigenvalue weighted by Gasteiger charge is -2.09. The number of rotatable bonds is 7. The number of aryl methyl sites for hydroxylation is 1. The lowest BCUT2D eigenvalue weighted by Crippen LogP contribution is -2.24. The van der Waals surface area contributed by atoms with Gasteiger partial charge in [-0.2, -0.15) is 0 Å². The summed E-state index contributed by atoms with van der Waals surface area (Å²) in [4.78, 5) is 21.3. The van der Waals surface area contributed by atoms with E-state index in [1.165, 1.54) is 13.2 Å². The molecular weight excluding hydrogens is 413 g/mol. The van der Waals surface area contributed by atoms with Crippen LogP contribution in [0.1, 0.15) is 41.1 Å². The molecule has 10 heteroatoms. The number of nitrogens with zero attached hydrogens (tertiary/aromatic N) is 5. The van der Waals surface area contributed by atoms with Gasteiger partial charge in [-0.05, 0) is 55.9 Å². The minimum Gasteiger partial charge on any atom is -0.494 e. The molecule has 1 saturated carbocycles. The van der Waals surface area contributed by atoms with Gasteiger partial charge < -0.3 is 15.8 Å². The van der Waals surface area contributed by atoms with Gasteiger partial charge in [0.25, 0.3) is 5.91 Å². The molecule has 3 N–H and O–H groups in total. The Morgan fingerprint density at radius 2 is 2.12 bits per heavy atom. The van der Waals surface area contributed by atoms with Crippen LogP contribution in [0.15, 0.2) is 30.5 Å². The number of halogens is 1. The van der Waals surface area contributed by atoms with Gasteiger partial charge in [0.15, 0.2) is 11.6 Å². The minimum absolute atomic E-state index is 0.125. The van der Waals surface area contributed by atoms with Gasteiger partial charge in [0.1, 0.15) is 17.2 Å². The molecule has 168 valence electrons. The van der Waals surface area contributed by atoms with E-state index >= 15 is 0 Å². The Hall–Kier alpha value is -3.40. The topological polar surface area (TPSA) is 121 Å². The number of amides is 1. The molecule has 0 spiro atoms. The maximum absolute atomic E-state index is 13.6. The second-order valence-corrected chi connectivity index (χ2v) is 8.10. The molecule has 0 radical (unpaired) electrons. The number of aromatic nitrogens is 5. The summed E-state index contributed by atoms with van der Waals surface area (Å²) in [6.07, 6.45) is 4.96. The van der Waals surface area contributed by atoms with Crippen molar-refractivity contribution in [2.45, 2.75) is 45.3 Å². The molecular formula is C22H26FN7O2. The number of benzene rings is 1. The van der Waals surface area contributed by atoms with Gasteiger partial charge in [0, 0.05) is 19.1 Å². The van der Waals surface area contributed by atoms with Crippen LogP contribution in [0.4, 0.5) is 4.39 Å². The average Bonchev–Trinajstić information content (AvgIpc) is 3.41. The third-order valence-corrected chi connectivity index (χ3v) is 5.57. The zero-order valence-electron chi connectivity index (χ0n) is 18.1. The van der Waals surface area contributed by atoms with E-state index in [0.717, 1.165) is 25.8 Å². The van der Waals surface area contributed by atoms with Crippen LogP contribution in [-0.2, 0) is 13.1 Å². The molecule has 1 fully saturated rings. The summed E-state index contributed by atoms with van der Waals surface area (Å²) in [7, 11) is 1.39. The number of hydrogen-bond acceptors (Lipinski definition) is 7. The Morgan fingerprint density at radius 3 is 2.88 bits per heavy atom. The molecule has 1 aliphatic rings. The van der Waals surface area contributed by atoms with Crippen molar-refractivity contribution in [2.24, 2.45) is 11.7 Å². The quantitative estimate of drug-likeness (QED) is 0.579. The van der Waals surface area contributed by atoms with E-state index < -0.39 is 5.82 Å². The van der Waals surface area contributed by atoms with Gasteiger partial charge in [0.05, 0.1) is 19.0 Å². The van der Waals surface area contributed by atoms with Crippen LogP contribution < -0.4 is 15.8 Å². The van der Waals surface area contributed by atoms with Crippen molar-refractivity contribution in [3.63, 3.8) is 0 Å². The summed E-state index contributed by atoms with van der Waals surface area (Å²) in [6, 6.07) is 6.29. The van der Waals surface area contributed by atoms with Crippen molar-refractivity contribution >= 4 is 5.91 Å². The molecule has 1 aliphatic carbocycles. The Balaban J connectivity index is 1.45. The first kappa shape index (κ1) is 21.8. The zero-order chi connectivity index (χ0) is 22.7. The molecule has 0 bridgehead atoms. The fraction of sp³-hybridized carbons (Fsp3) is 0.409. The van der Waals surface area contributed by atoms with Gasteiger partial charge in [-0.3, -0.25) is 9.48 Å². The normalized spacial score (nSPS) is 18.0. The van der Waals surface area contributed by atoms with Crippen molar-refractivity contribution in [2.75, 3.05) is 7.11 Å². The van der Waals surface area contributed by atoms with Crippen LogP contribution in [-0.4, -0.2) is 44.0 Å². The first-order chi connectivity index (χ1) is 15.4. The largest absolute Gasteiger partial charge is 0.494 e. The second kappa shape index (κ2) is 9.39. The van der Waals surface area contributed by atoms with Gasteiger partial charge in [-0.15, -0.1) is 5.10 Å². The summed E-state index contributed by atoms with van der Waals surface area (Å²) in [6.45, 7) is 2.68. The molecule has 4 rings (SSSR count). The standard InChI is InChI=1S/C22H26FN7O2/c1-13-26-18(20-12-30(29-28-20)11-15-3-5-16(24)7-15)9-19(27-13)22(31)25-10-14-4-6-17(23)21(8-14)32-2/h4,6,8-9,12,15-16H,3,5,7,10-11,24H2,1-2H3,(H,25,31)/t15-,16+/m1/s1. The molecule has 3 aromatic rings. The van der Waals surface area contributed by atoms with Gasteiger partial charge >= 0.3 is 0 Å². The second-order valence-electron chi connectivity index (χ2n) is 8.10. The molecule has 0 unspecified atom stereocenters. The predicted octanol–water partition coefficient (Wildman–Crippen LogP) is 2.25. The first-order valence-corrected chi connectivity index (χ1v) is 10.5. The molecule has 2 aromatic heterocycles. The van der Waals surface area contributed by atoms with Crippen LogP contribution in [0.25, 0.3) is 11.4 Å². The van der Waals surface area contributed by atoms with Crippen molar-refractivity contribution in [3.05, 3.63) is 53.4 Å². The number of hydrogen-bond donors (Lipinski definition) is 2. The highest BCUT2D eigenvalue weighted by atomic mass is 19.1. The average molecular weight is 439 g/mol. The third kappa shape index (κ3) is 5.08. The Kier molecular flexibility index (Phi) is 6.40. The van der Waals surface area contributed by atoms with E-state index in [-0.39, 0.29) is 29.9 Å². The van der Waals surface area contributed by atoms with E-state index in [4.69, 9.17) is 10.5 Å². The van der Waals surface area contributed by atoms with Crippen LogP contribution >= 0.6 is 0 Å². The first-order valence-electron chi connectivity index (χ1n) is 10.5. The minimum atomic E-state index is -0.456. The molecule has 0 saturated heterocycles. The Labute approximate surface area is 185 Å². The highest BCUT2D eigenvalue weighted by Gasteiger charge is 2.23. The predicted molar refractivity (Wildman–Crippen MR) is 115 cm³/mol. The number of ether oxygens (including phenoxy) is 1. The SMILES string of the molecule is COc1cc(CNC(=O)c2cc(-c3cn(C[C@@H]4CC[C@H](N)C4)nn3)nc(C)n2)ccc1F. The van der Waals surface area contributed by atoms with Crippen LogP contribution in [0.5, 0.6) is 5.75 Å². The van der Waals surface area contributed by atoms with E-state index in [9.17, 15) is 9.18 Å². The molecule has 2 atom stereocenters. The number of methoxy groups -OCH3 is 1. The third-order valence-electron chi connectivity index (χ3n) is 5.57. The number of nitrogens with one attached hydrogen (secondary N) is 1. The van der Waals surface area contributed by atoms with Gasteiger partial charge in [-0.25, -0.2) is 14.4 Å². The summed E-state index contributed by atoms with van der Waals surface area (Å²) in [5.74, 6) is 0.250. The van der Waals surface area contributed by atoms with Crippen LogP contribution in [0.3, 0.4) is 0 Å². The summed E-state index contributed by atoms with van der Waals surface area (Å²) >= 11 is 0. The Bertz CT molecular complexity index is 1120. The van der Waals surface area contributed by atoms with Crippen molar-refractivity contribution in [1.29, 1.82) is 0 Å². The molecule has 0 aliphatic heterocycles. The summed E-state index contributed by atoms with van der Waals surface area (Å²) < 4.78 is 20.3. The molecule has 2 heterocycles. The van der Waals surface area contributed by atoms with Crippen LogP contribution in [0, 0.1) is 18.7 Å². The molecule has 9 nitrogen and oxygen atoms in total. The van der Waals surface area contributed by atoms with Gasteiger partial charge in [-0.1, -0.05) is 11.3 Å². The van der Waals surface area contributed by atoms with E-state index in [2.05, 4.69) is 25.6 Å². The highest BCUT2D eigenvalue weighted by molar-refractivity contribution is 5.93. The zero-order valence-corrected chi connectivity index (χ0v) is 18.1. The maximum Gasteiger partial charge on any atom is 0.270 e. The molecule has 32 heavy (non-hydrogen) atoms. The number of carbonyl (C=O) groups excluding carboxylic acids is 1.